The summed E-state index contributed by atoms with van der Waals surface area (Å²) in [6.07, 6.45) is 3.16. The van der Waals surface area contributed by atoms with Gasteiger partial charge in [-0.2, -0.15) is 4.98 Å². The molecule has 146 valence electrons. The van der Waals surface area contributed by atoms with Crippen molar-refractivity contribution in [1.82, 2.24) is 24.5 Å². The van der Waals surface area contributed by atoms with Crippen LogP contribution in [0.5, 0.6) is 5.88 Å². The Hall–Kier alpha value is -3.47. The molecule has 0 radical (unpaired) electrons. The first kappa shape index (κ1) is 19.3. The Bertz CT molecular complexity index is 919. The van der Waals surface area contributed by atoms with Gasteiger partial charge in [0.25, 0.3) is 12.3 Å². The quantitative estimate of drug-likeness (QED) is 0.589. The van der Waals surface area contributed by atoms with Crippen LogP contribution in [0, 0.1) is 0 Å². The zero-order valence-corrected chi connectivity index (χ0v) is 14.7. The summed E-state index contributed by atoms with van der Waals surface area (Å²) in [5, 5.41) is 2.51. The van der Waals surface area contributed by atoms with Crippen molar-refractivity contribution in [3.8, 4) is 11.7 Å². The number of alkyl halides is 2. The van der Waals surface area contributed by atoms with E-state index >= 15 is 0 Å². The SMILES string of the molecule is COCCOc1cc(-n2ccnc2)nc(C(=O)Nc2ccc(C(F)F)nc2)n1. The fourth-order valence-electron chi connectivity index (χ4n) is 2.14. The summed E-state index contributed by atoms with van der Waals surface area (Å²) >= 11 is 0. The van der Waals surface area contributed by atoms with Crippen LogP contribution in [0.15, 0.2) is 43.1 Å². The summed E-state index contributed by atoms with van der Waals surface area (Å²) in [7, 11) is 1.53. The van der Waals surface area contributed by atoms with E-state index in [1.54, 1.807) is 23.0 Å². The smallest absolute Gasteiger partial charge is 0.293 e. The Morgan fingerprint density at radius 1 is 1.29 bits per heavy atom. The van der Waals surface area contributed by atoms with Gasteiger partial charge in [-0.1, -0.05) is 0 Å². The standard InChI is InChI=1S/C17H16F2N6O3/c1-27-6-7-28-14-8-13(25-5-4-20-10-25)23-16(24-14)17(26)22-11-2-3-12(15(18)19)21-9-11/h2-5,8-10,15H,6-7H2,1H3,(H,22,26). The first-order valence-electron chi connectivity index (χ1n) is 8.11. The van der Waals surface area contributed by atoms with Crippen molar-refractivity contribution in [3.05, 3.63) is 54.6 Å². The lowest BCUT2D eigenvalue weighted by atomic mass is 10.3. The number of halogens is 2. The Balaban J connectivity index is 1.83. The van der Waals surface area contributed by atoms with Gasteiger partial charge < -0.3 is 14.8 Å². The molecule has 1 N–H and O–H groups in total. The number of anilines is 1. The van der Waals surface area contributed by atoms with Gasteiger partial charge in [-0.3, -0.25) is 14.3 Å². The van der Waals surface area contributed by atoms with Crippen LogP contribution < -0.4 is 10.1 Å². The molecule has 0 saturated carbocycles. The van der Waals surface area contributed by atoms with Gasteiger partial charge in [0.15, 0.2) is 0 Å². The highest BCUT2D eigenvalue weighted by Gasteiger charge is 2.16. The minimum atomic E-state index is -2.69. The molecule has 0 aromatic carbocycles. The number of pyridine rings is 1. The number of nitrogens with one attached hydrogen (secondary N) is 1. The van der Waals surface area contributed by atoms with Crippen LogP contribution in [0.3, 0.4) is 0 Å². The van der Waals surface area contributed by atoms with Gasteiger partial charge in [0.2, 0.25) is 11.7 Å². The Kier molecular flexibility index (Phi) is 6.17. The molecule has 1 amide bonds. The maximum atomic E-state index is 12.6. The van der Waals surface area contributed by atoms with E-state index in [2.05, 4.69) is 25.3 Å². The summed E-state index contributed by atoms with van der Waals surface area (Å²) in [4.78, 5) is 28.3. The maximum Gasteiger partial charge on any atom is 0.293 e. The average Bonchev–Trinajstić information content (AvgIpc) is 3.23. The van der Waals surface area contributed by atoms with Crippen molar-refractivity contribution in [2.24, 2.45) is 0 Å². The minimum absolute atomic E-state index is 0.170. The second-order valence-electron chi connectivity index (χ2n) is 5.43. The molecule has 0 aliphatic rings. The van der Waals surface area contributed by atoms with Crippen LogP contribution in [0.2, 0.25) is 0 Å². The minimum Gasteiger partial charge on any atom is -0.475 e. The van der Waals surface area contributed by atoms with Crippen molar-refractivity contribution >= 4 is 11.6 Å². The summed E-state index contributed by atoms with van der Waals surface area (Å²) in [6, 6.07) is 4.00. The fourth-order valence-corrected chi connectivity index (χ4v) is 2.14. The number of hydrogen-bond donors (Lipinski definition) is 1. The molecule has 11 heteroatoms. The summed E-state index contributed by atoms with van der Waals surface area (Å²) < 4.78 is 37.1. The third-order valence-electron chi connectivity index (χ3n) is 3.47. The average molecular weight is 390 g/mol. The summed E-state index contributed by atoms with van der Waals surface area (Å²) in [5.41, 5.74) is -0.155. The predicted molar refractivity (Wildman–Crippen MR) is 93.7 cm³/mol. The van der Waals surface area contributed by atoms with Gasteiger partial charge in [-0.05, 0) is 12.1 Å². The largest absolute Gasteiger partial charge is 0.475 e. The van der Waals surface area contributed by atoms with Gasteiger partial charge in [-0.25, -0.2) is 18.7 Å². The molecule has 0 atom stereocenters. The molecular weight excluding hydrogens is 374 g/mol. The molecule has 3 aromatic rings. The molecule has 0 aliphatic heterocycles. The summed E-state index contributed by atoms with van der Waals surface area (Å²) in [6.45, 7) is 0.574. The van der Waals surface area contributed by atoms with Crippen LogP contribution in [0.4, 0.5) is 14.5 Å². The molecule has 0 aliphatic carbocycles. The van der Waals surface area contributed by atoms with E-state index in [1.807, 2.05) is 0 Å². The molecule has 0 fully saturated rings. The fraction of sp³-hybridized carbons (Fsp3) is 0.235. The highest BCUT2D eigenvalue weighted by atomic mass is 19.3. The highest BCUT2D eigenvalue weighted by Crippen LogP contribution is 2.18. The Labute approximate surface area is 158 Å². The Morgan fingerprint density at radius 2 is 2.14 bits per heavy atom. The monoisotopic (exact) mass is 390 g/mol. The molecule has 3 aromatic heterocycles. The number of ether oxygens (including phenoxy) is 2. The second-order valence-corrected chi connectivity index (χ2v) is 5.43. The number of rotatable bonds is 8. The first-order valence-corrected chi connectivity index (χ1v) is 8.11. The van der Waals surface area contributed by atoms with E-state index < -0.39 is 12.3 Å². The molecule has 3 rings (SSSR count). The normalized spacial score (nSPS) is 10.9. The molecular formula is C17H16F2N6O3. The molecule has 0 spiro atoms. The number of nitrogens with zero attached hydrogens (tertiary/aromatic N) is 5. The van der Waals surface area contributed by atoms with Crippen LogP contribution in [0.1, 0.15) is 22.7 Å². The molecule has 28 heavy (non-hydrogen) atoms. The van der Waals surface area contributed by atoms with E-state index in [-0.39, 0.29) is 29.7 Å². The first-order chi connectivity index (χ1) is 13.6. The molecule has 0 unspecified atom stereocenters. The predicted octanol–water partition coefficient (Wildman–Crippen LogP) is 2.27. The van der Waals surface area contributed by atoms with E-state index in [1.165, 1.54) is 19.5 Å². The number of carbonyl (C=O) groups excluding carboxylic acids is 1. The lowest BCUT2D eigenvalue weighted by Gasteiger charge is -2.10. The maximum absolute atomic E-state index is 12.6. The van der Waals surface area contributed by atoms with Crippen molar-refractivity contribution in [2.75, 3.05) is 25.6 Å². The van der Waals surface area contributed by atoms with Crippen molar-refractivity contribution in [2.45, 2.75) is 6.43 Å². The van der Waals surface area contributed by atoms with Gasteiger partial charge in [0, 0.05) is 25.6 Å². The van der Waals surface area contributed by atoms with Crippen molar-refractivity contribution < 1.29 is 23.0 Å². The lowest BCUT2D eigenvalue weighted by Crippen LogP contribution is -2.18. The number of methoxy groups -OCH3 is 1. The van der Waals surface area contributed by atoms with Crippen LogP contribution in [-0.2, 0) is 4.74 Å². The van der Waals surface area contributed by atoms with Crippen LogP contribution in [-0.4, -0.2) is 50.7 Å². The van der Waals surface area contributed by atoms with Crippen molar-refractivity contribution in [3.63, 3.8) is 0 Å². The van der Waals surface area contributed by atoms with Gasteiger partial charge in [0.1, 0.15) is 24.4 Å². The molecule has 3 heterocycles. The van der Waals surface area contributed by atoms with Crippen LogP contribution >= 0.6 is 0 Å². The number of aromatic nitrogens is 5. The third kappa shape index (κ3) is 4.82. The number of hydrogen-bond acceptors (Lipinski definition) is 7. The number of amides is 1. The van der Waals surface area contributed by atoms with E-state index in [4.69, 9.17) is 9.47 Å². The molecule has 9 nitrogen and oxygen atoms in total. The lowest BCUT2D eigenvalue weighted by molar-refractivity contribution is 0.101. The van der Waals surface area contributed by atoms with E-state index in [0.29, 0.717) is 12.4 Å². The summed E-state index contributed by atoms with van der Waals surface area (Å²) in [5.74, 6) is -0.273. The second kappa shape index (κ2) is 8.95. The van der Waals surface area contributed by atoms with Gasteiger partial charge in [0.05, 0.1) is 18.5 Å². The topological polar surface area (TPSA) is 104 Å². The zero-order valence-electron chi connectivity index (χ0n) is 14.7. The third-order valence-corrected chi connectivity index (χ3v) is 3.47. The van der Waals surface area contributed by atoms with Gasteiger partial charge in [-0.15, -0.1) is 0 Å². The zero-order chi connectivity index (χ0) is 19.9. The number of carbonyl (C=O) groups is 1. The molecule has 0 bridgehead atoms. The van der Waals surface area contributed by atoms with E-state index in [0.717, 1.165) is 12.3 Å². The Morgan fingerprint density at radius 3 is 2.79 bits per heavy atom. The van der Waals surface area contributed by atoms with Crippen LogP contribution in [0.25, 0.3) is 5.82 Å². The highest BCUT2D eigenvalue weighted by molar-refractivity contribution is 6.01. The molecule has 0 saturated heterocycles. The van der Waals surface area contributed by atoms with Gasteiger partial charge >= 0.3 is 0 Å². The van der Waals surface area contributed by atoms with E-state index in [9.17, 15) is 13.6 Å². The van der Waals surface area contributed by atoms with Crippen molar-refractivity contribution in [1.29, 1.82) is 0 Å². The number of imidazole rings is 1.